The van der Waals surface area contributed by atoms with Gasteiger partial charge in [0.25, 0.3) is 11.7 Å². The number of carbonyl (C=O) groups is 2. The summed E-state index contributed by atoms with van der Waals surface area (Å²) in [6, 6.07) is 4.41. The van der Waals surface area contributed by atoms with Crippen molar-refractivity contribution in [3.8, 4) is 5.69 Å². The predicted molar refractivity (Wildman–Crippen MR) is 94.2 cm³/mol. The SMILES string of the molecule is Cc1nn(C)c(C)c1C(=O)C(=O)Nc1cc(C(F)(F)F)ccc1-n1cccn1. The van der Waals surface area contributed by atoms with Crippen LogP contribution < -0.4 is 5.32 Å². The molecule has 2 heterocycles. The normalized spacial score (nSPS) is 11.5. The molecule has 28 heavy (non-hydrogen) atoms. The number of alkyl halides is 3. The van der Waals surface area contributed by atoms with Crippen molar-refractivity contribution in [3.05, 3.63) is 59.2 Å². The summed E-state index contributed by atoms with van der Waals surface area (Å²) in [7, 11) is 1.62. The molecule has 0 bridgehead atoms. The van der Waals surface area contributed by atoms with Gasteiger partial charge in [-0.15, -0.1) is 0 Å². The van der Waals surface area contributed by atoms with Crippen LogP contribution in [-0.2, 0) is 18.0 Å². The first-order valence-corrected chi connectivity index (χ1v) is 8.16. The van der Waals surface area contributed by atoms with E-state index in [4.69, 9.17) is 0 Å². The van der Waals surface area contributed by atoms with Crippen molar-refractivity contribution in [3.63, 3.8) is 0 Å². The zero-order chi connectivity index (χ0) is 20.6. The van der Waals surface area contributed by atoms with Gasteiger partial charge in [-0.25, -0.2) is 4.68 Å². The summed E-state index contributed by atoms with van der Waals surface area (Å²) in [6.07, 6.45) is -1.66. The molecular formula is C18H16F3N5O2. The van der Waals surface area contributed by atoms with Gasteiger partial charge in [-0.2, -0.15) is 23.4 Å². The fourth-order valence-electron chi connectivity index (χ4n) is 2.82. The summed E-state index contributed by atoms with van der Waals surface area (Å²) in [5.41, 5.74) is 0.00726. The van der Waals surface area contributed by atoms with Crippen LogP contribution in [0, 0.1) is 13.8 Å². The lowest BCUT2D eigenvalue weighted by Gasteiger charge is -2.14. The average Bonchev–Trinajstić information content (AvgIpc) is 3.22. The molecule has 0 unspecified atom stereocenters. The number of nitrogens with one attached hydrogen (secondary N) is 1. The molecule has 7 nitrogen and oxygen atoms in total. The number of amides is 1. The molecule has 0 saturated carbocycles. The van der Waals surface area contributed by atoms with Crippen LogP contribution in [0.1, 0.15) is 27.3 Å². The molecule has 2 aromatic heterocycles. The number of nitrogens with zero attached hydrogens (tertiary/aromatic N) is 4. The second-order valence-electron chi connectivity index (χ2n) is 6.13. The minimum absolute atomic E-state index is 0.118. The third-order valence-corrected chi connectivity index (χ3v) is 4.27. The van der Waals surface area contributed by atoms with Gasteiger partial charge in [-0.3, -0.25) is 14.3 Å². The van der Waals surface area contributed by atoms with Gasteiger partial charge < -0.3 is 5.32 Å². The average molecular weight is 391 g/mol. The van der Waals surface area contributed by atoms with E-state index in [2.05, 4.69) is 15.5 Å². The van der Waals surface area contributed by atoms with E-state index in [9.17, 15) is 22.8 Å². The molecule has 0 spiro atoms. The van der Waals surface area contributed by atoms with Gasteiger partial charge in [0.15, 0.2) is 0 Å². The Balaban J connectivity index is 2.00. The largest absolute Gasteiger partial charge is 0.416 e. The topological polar surface area (TPSA) is 81.8 Å². The van der Waals surface area contributed by atoms with Crippen molar-refractivity contribution in [1.29, 1.82) is 0 Å². The molecule has 1 N–H and O–H groups in total. The zero-order valence-corrected chi connectivity index (χ0v) is 15.2. The first kappa shape index (κ1) is 19.3. The van der Waals surface area contributed by atoms with Gasteiger partial charge in [0.2, 0.25) is 0 Å². The number of aromatic nitrogens is 4. The molecule has 1 amide bonds. The van der Waals surface area contributed by atoms with Gasteiger partial charge in [-0.05, 0) is 38.1 Å². The number of ketones is 1. The summed E-state index contributed by atoms with van der Waals surface area (Å²) < 4.78 is 42.0. The Morgan fingerprint density at radius 1 is 1.18 bits per heavy atom. The van der Waals surface area contributed by atoms with E-state index in [0.29, 0.717) is 11.4 Å². The highest BCUT2D eigenvalue weighted by Crippen LogP contribution is 2.33. The smallest absolute Gasteiger partial charge is 0.317 e. The molecule has 0 fully saturated rings. The molecule has 0 saturated heterocycles. The van der Waals surface area contributed by atoms with E-state index >= 15 is 0 Å². The highest BCUT2D eigenvalue weighted by molar-refractivity contribution is 6.47. The van der Waals surface area contributed by atoms with Gasteiger partial charge in [-0.1, -0.05) is 0 Å². The number of aryl methyl sites for hydroxylation is 2. The molecule has 0 radical (unpaired) electrons. The molecule has 3 aromatic rings. The monoisotopic (exact) mass is 391 g/mol. The predicted octanol–water partition coefficient (Wildman–Crippen LogP) is 3.06. The van der Waals surface area contributed by atoms with Crippen LogP contribution in [0.3, 0.4) is 0 Å². The first-order chi connectivity index (χ1) is 13.1. The van der Waals surface area contributed by atoms with E-state index in [1.54, 1.807) is 27.0 Å². The Labute approximate surface area is 157 Å². The third kappa shape index (κ3) is 3.53. The number of hydrogen-bond donors (Lipinski definition) is 1. The highest BCUT2D eigenvalue weighted by Gasteiger charge is 2.32. The maximum atomic E-state index is 13.1. The number of benzene rings is 1. The molecule has 3 rings (SSSR count). The standard InChI is InChI=1S/C18H16F3N5O2/c1-10-15(11(2)25(3)24-10)16(27)17(28)23-13-9-12(18(19,20)21)5-6-14(13)26-8-4-7-22-26/h4-9H,1-3H3,(H,23,28). The van der Waals surface area contributed by atoms with Crippen molar-refractivity contribution < 1.29 is 22.8 Å². The number of hydrogen-bond acceptors (Lipinski definition) is 4. The van der Waals surface area contributed by atoms with Crippen LogP contribution in [0.25, 0.3) is 5.69 Å². The first-order valence-electron chi connectivity index (χ1n) is 8.16. The summed E-state index contributed by atoms with van der Waals surface area (Å²) in [6.45, 7) is 3.20. The van der Waals surface area contributed by atoms with Gasteiger partial charge in [0.05, 0.1) is 28.2 Å². The molecule has 146 valence electrons. The lowest BCUT2D eigenvalue weighted by molar-refractivity contribution is -0.137. The van der Waals surface area contributed by atoms with Crippen LogP contribution in [0.2, 0.25) is 0 Å². The Morgan fingerprint density at radius 2 is 1.89 bits per heavy atom. The summed E-state index contributed by atoms with van der Waals surface area (Å²) >= 11 is 0. The molecule has 10 heteroatoms. The molecule has 1 aromatic carbocycles. The van der Waals surface area contributed by atoms with Crippen LogP contribution in [-0.4, -0.2) is 31.3 Å². The van der Waals surface area contributed by atoms with Crippen LogP contribution in [0.5, 0.6) is 0 Å². The van der Waals surface area contributed by atoms with Gasteiger partial charge in [0, 0.05) is 25.1 Å². The molecular weight excluding hydrogens is 375 g/mol. The third-order valence-electron chi connectivity index (χ3n) is 4.27. The van der Waals surface area contributed by atoms with E-state index in [1.807, 2.05) is 0 Å². The van der Waals surface area contributed by atoms with Gasteiger partial charge in [0.1, 0.15) is 0 Å². The van der Waals surface area contributed by atoms with Crippen LogP contribution >= 0.6 is 0 Å². The van der Waals surface area contributed by atoms with E-state index in [1.165, 1.54) is 27.8 Å². The quantitative estimate of drug-likeness (QED) is 0.547. The fraction of sp³-hybridized carbons (Fsp3) is 0.222. The Hall–Kier alpha value is -3.43. The maximum Gasteiger partial charge on any atom is 0.416 e. The Bertz CT molecular complexity index is 1050. The fourth-order valence-corrected chi connectivity index (χ4v) is 2.82. The summed E-state index contributed by atoms with van der Waals surface area (Å²) in [4.78, 5) is 25.1. The second kappa shape index (κ2) is 6.95. The second-order valence-corrected chi connectivity index (χ2v) is 6.13. The molecule has 0 aliphatic carbocycles. The number of rotatable bonds is 4. The van der Waals surface area contributed by atoms with E-state index in [-0.39, 0.29) is 16.9 Å². The van der Waals surface area contributed by atoms with E-state index in [0.717, 1.165) is 12.1 Å². The van der Waals surface area contributed by atoms with Crippen molar-refractivity contribution >= 4 is 17.4 Å². The van der Waals surface area contributed by atoms with Gasteiger partial charge >= 0.3 is 6.18 Å². The summed E-state index contributed by atoms with van der Waals surface area (Å²) in [5, 5.41) is 10.3. The zero-order valence-electron chi connectivity index (χ0n) is 15.2. The minimum atomic E-state index is -4.61. The lowest BCUT2D eigenvalue weighted by atomic mass is 10.1. The number of halogens is 3. The number of anilines is 1. The Morgan fingerprint density at radius 3 is 2.43 bits per heavy atom. The lowest BCUT2D eigenvalue weighted by Crippen LogP contribution is -2.25. The summed E-state index contributed by atoms with van der Waals surface area (Å²) in [5.74, 6) is -1.95. The van der Waals surface area contributed by atoms with Crippen molar-refractivity contribution in [2.24, 2.45) is 7.05 Å². The molecule has 0 atom stereocenters. The highest BCUT2D eigenvalue weighted by atomic mass is 19.4. The number of Topliss-reactive ketones (excluding diaryl/α,β-unsaturated/α-hetero) is 1. The minimum Gasteiger partial charge on any atom is -0.317 e. The van der Waals surface area contributed by atoms with Crippen molar-refractivity contribution in [2.75, 3.05) is 5.32 Å². The van der Waals surface area contributed by atoms with Crippen LogP contribution in [0.15, 0.2) is 36.7 Å². The molecule has 0 aliphatic rings. The maximum absolute atomic E-state index is 13.1. The Kier molecular flexibility index (Phi) is 4.80. The molecule has 0 aliphatic heterocycles. The van der Waals surface area contributed by atoms with E-state index < -0.39 is 23.4 Å². The van der Waals surface area contributed by atoms with Crippen molar-refractivity contribution in [2.45, 2.75) is 20.0 Å². The van der Waals surface area contributed by atoms with Crippen molar-refractivity contribution in [1.82, 2.24) is 19.6 Å². The van der Waals surface area contributed by atoms with Crippen LogP contribution in [0.4, 0.5) is 18.9 Å². The number of carbonyl (C=O) groups excluding carboxylic acids is 2.